The van der Waals surface area contributed by atoms with Gasteiger partial charge in [-0.1, -0.05) is 6.07 Å². The topological polar surface area (TPSA) is 67.6 Å². The van der Waals surface area contributed by atoms with Gasteiger partial charge < -0.3 is 10.1 Å². The maximum Gasteiger partial charge on any atom is 0.292 e. The minimum absolute atomic E-state index is 0.119. The van der Waals surface area contributed by atoms with E-state index in [0.29, 0.717) is 24.9 Å². The van der Waals surface area contributed by atoms with Crippen LogP contribution in [0.2, 0.25) is 0 Å². The number of benzene rings is 1. The molecule has 0 aliphatic carbocycles. The van der Waals surface area contributed by atoms with Crippen LogP contribution in [0, 0.1) is 10.1 Å². The molecule has 1 aromatic rings. The van der Waals surface area contributed by atoms with Crippen LogP contribution in [0.25, 0.3) is 0 Å². The molecule has 1 aromatic carbocycles. The molecule has 0 aliphatic rings. The van der Waals surface area contributed by atoms with Crippen LogP contribution in [0.4, 0.5) is 11.4 Å². The summed E-state index contributed by atoms with van der Waals surface area (Å²) in [6.45, 7) is 9.10. The molecule has 0 aromatic heterocycles. The Kier molecular flexibility index (Phi) is 7.11. The molecule has 0 saturated carbocycles. The number of anilines is 1. The van der Waals surface area contributed by atoms with Gasteiger partial charge >= 0.3 is 0 Å². The third kappa shape index (κ3) is 5.32. The van der Waals surface area contributed by atoms with Gasteiger partial charge in [0.05, 0.1) is 11.5 Å². The minimum Gasteiger partial charge on any atom is -0.383 e. The van der Waals surface area contributed by atoms with Gasteiger partial charge in [0.15, 0.2) is 0 Å². The first-order valence-electron chi connectivity index (χ1n) is 7.23. The van der Waals surface area contributed by atoms with Gasteiger partial charge in [-0.05, 0) is 32.4 Å². The van der Waals surface area contributed by atoms with Crippen LogP contribution < -0.4 is 5.32 Å². The monoisotopic (exact) mass is 295 g/mol. The third-order valence-corrected chi connectivity index (χ3v) is 3.32. The maximum atomic E-state index is 11.0. The molecule has 21 heavy (non-hydrogen) atoms. The number of hydrogen-bond acceptors (Lipinski definition) is 5. The SMILES string of the molecule is CCNc1cc(CN(CCOC)C(C)C)ccc1[N+](=O)[O-]. The lowest BCUT2D eigenvalue weighted by molar-refractivity contribution is -0.384. The molecule has 0 amide bonds. The number of nitrogens with zero attached hydrogens (tertiary/aromatic N) is 2. The van der Waals surface area contributed by atoms with Crippen molar-refractivity contribution in [1.82, 2.24) is 4.90 Å². The van der Waals surface area contributed by atoms with Crippen molar-refractivity contribution in [3.8, 4) is 0 Å². The molecule has 1 rings (SSSR count). The highest BCUT2D eigenvalue weighted by molar-refractivity contribution is 5.62. The second-order valence-corrected chi connectivity index (χ2v) is 5.20. The average molecular weight is 295 g/mol. The zero-order chi connectivity index (χ0) is 15.8. The zero-order valence-corrected chi connectivity index (χ0v) is 13.3. The molecule has 0 unspecified atom stereocenters. The normalized spacial score (nSPS) is 11.1. The Morgan fingerprint density at radius 2 is 2.14 bits per heavy atom. The fraction of sp³-hybridized carbons (Fsp3) is 0.600. The number of rotatable bonds is 9. The van der Waals surface area contributed by atoms with E-state index in [4.69, 9.17) is 4.74 Å². The molecule has 1 N–H and O–H groups in total. The Hall–Kier alpha value is -1.66. The van der Waals surface area contributed by atoms with Crippen LogP contribution in [-0.4, -0.2) is 42.7 Å². The molecule has 118 valence electrons. The van der Waals surface area contributed by atoms with Crippen LogP contribution >= 0.6 is 0 Å². The van der Waals surface area contributed by atoms with Crippen molar-refractivity contribution >= 4 is 11.4 Å². The van der Waals surface area contributed by atoms with Gasteiger partial charge in [0.1, 0.15) is 5.69 Å². The van der Waals surface area contributed by atoms with E-state index < -0.39 is 0 Å². The summed E-state index contributed by atoms with van der Waals surface area (Å²) in [5.74, 6) is 0. The molecule has 0 fully saturated rings. The van der Waals surface area contributed by atoms with Crippen molar-refractivity contribution in [2.75, 3.05) is 32.1 Å². The van der Waals surface area contributed by atoms with Gasteiger partial charge in [0.2, 0.25) is 0 Å². The Bertz CT molecular complexity index is 463. The highest BCUT2D eigenvalue weighted by Gasteiger charge is 2.16. The summed E-state index contributed by atoms with van der Waals surface area (Å²) in [7, 11) is 1.69. The van der Waals surface area contributed by atoms with E-state index in [9.17, 15) is 10.1 Å². The van der Waals surface area contributed by atoms with E-state index in [0.717, 1.165) is 18.7 Å². The summed E-state index contributed by atoms with van der Waals surface area (Å²) in [5.41, 5.74) is 1.75. The quantitative estimate of drug-likeness (QED) is 0.560. The van der Waals surface area contributed by atoms with Crippen LogP contribution in [0.5, 0.6) is 0 Å². The van der Waals surface area contributed by atoms with E-state index >= 15 is 0 Å². The second kappa shape index (κ2) is 8.59. The van der Waals surface area contributed by atoms with Gasteiger partial charge in [-0.15, -0.1) is 0 Å². The molecular weight excluding hydrogens is 270 g/mol. The van der Waals surface area contributed by atoms with E-state index in [2.05, 4.69) is 24.1 Å². The number of methoxy groups -OCH3 is 1. The summed E-state index contributed by atoms with van der Waals surface area (Å²) < 4.78 is 5.13. The fourth-order valence-electron chi connectivity index (χ4n) is 2.14. The van der Waals surface area contributed by atoms with E-state index in [-0.39, 0.29) is 10.6 Å². The largest absolute Gasteiger partial charge is 0.383 e. The summed E-state index contributed by atoms with van der Waals surface area (Å²) in [4.78, 5) is 12.9. The first-order valence-corrected chi connectivity index (χ1v) is 7.23. The number of hydrogen-bond donors (Lipinski definition) is 1. The minimum atomic E-state index is -0.354. The van der Waals surface area contributed by atoms with Gasteiger partial charge in [0, 0.05) is 38.9 Å². The van der Waals surface area contributed by atoms with Gasteiger partial charge in [-0.2, -0.15) is 0 Å². The van der Waals surface area contributed by atoms with Crippen molar-refractivity contribution in [3.05, 3.63) is 33.9 Å². The summed E-state index contributed by atoms with van der Waals surface area (Å²) >= 11 is 0. The highest BCUT2D eigenvalue weighted by Crippen LogP contribution is 2.26. The maximum absolute atomic E-state index is 11.0. The van der Waals surface area contributed by atoms with Crippen molar-refractivity contribution < 1.29 is 9.66 Å². The Labute approximate surface area is 126 Å². The molecule has 0 saturated heterocycles. The molecule has 0 bridgehead atoms. The lowest BCUT2D eigenvalue weighted by atomic mass is 10.1. The third-order valence-electron chi connectivity index (χ3n) is 3.32. The first-order chi connectivity index (χ1) is 9.99. The first kappa shape index (κ1) is 17.4. The number of ether oxygens (including phenoxy) is 1. The average Bonchev–Trinajstić information content (AvgIpc) is 2.43. The molecule has 0 heterocycles. The Balaban J connectivity index is 2.91. The molecule has 0 atom stereocenters. The zero-order valence-electron chi connectivity index (χ0n) is 13.3. The van der Waals surface area contributed by atoms with Crippen LogP contribution in [0.15, 0.2) is 18.2 Å². The van der Waals surface area contributed by atoms with Crippen LogP contribution in [-0.2, 0) is 11.3 Å². The van der Waals surface area contributed by atoms with Crippen LogP contribution in [0.3, 0.4) is 0 Å². The summed E-state index contributed by atoms with van der Waals surface area (Å²) in [6, 6.07) is 5.64. The Morgan fingerprint density at radius 1 is 1.43 bits per heavy atom. The van der Waals surface area contributed by atoms with E-state index in [1.165, 1.54) is 0 Å². The highest BCUT2D eigenvalue weighted by atomic mass is 16.6. The predicted molar refractivity (Wildman–Crippen MR) is 84.7 cm³/mol. The molecule has 0 spiro atoms. The van der Waals surface area contributed by atoms with Crippen LogP contribution in [0.1, 0.15) is 26.3 Å². The number of nitrogens with one attached hydrogen (secondary N) is 1. The van der Waals surface area contributed by atoms with E-state index in [1.54, 1.807) is 13.2 Å². The van der Waals surface area contributed by atoms with Crippen molar-refractivity contribution in [1.29, 1.82) is 0 Å². The molecule has 6 heteroatoms. The lowest BCUT2D eigenvalue weighted by Gasteiger charge is -2.26. The summed E-state index contributed by atoms with van der Waals surface area (Å²) in [6.07, 6.45) is 0. The Morgan fingerprint density at radius 3 is 2.67 bits per heavy atom. The molecular formula is C15H25N3O3. The molecule has 0 aliphatic heterocycles. The summed E-state index contributed by atoms with van der Waals surface area (Å²) in [5, 5.41) is 14.1. The lowest BCUT2D eigenvalue weighted by Crippen LogP contribution is -2.33. The van der Waals surface area contributed by atoms with E-state index in [1.807, 2.05) is 19.1 Å². The number of nitro groups is 1. The second-order valence-electron chi connectivity index (χ2n) is 5.20. The smallest absolute Gasteiger partial charge is 0.292 e. The van der Waals surface area contributed by atoms with Crippen molar-refractivity contribution in [3.63, 3.8) is 0 Å². The van der Waals surface area contributed by atoms with Gasteiger partial charge in [-0.3, -0.25) is 15.0 Å². The molecule has 0 radical (unpaired) electrons. The van der Waals surface area contributed by atoms with Gasteiger partial charge in [-0.25, -0.2) is 0 Å². The van der Waals surface area contributed by atoms with Crippen molar-refractivity contribution in [2.45, 2.75) is 33.4 Å². The van der Waals surface area contributed by atoms with Crippen molar-refractivity contribution in [2.24, 2.45) is 0 Å². The number of nitro benzene ring substituents is 1. The standard InChI is InChI=1S/C15H25N3O3/c1-5-16-14-10-13(6-7-15(14)18(19)20)11-17(12(2)3)8-9-21-4/h6-7,10,12,16H,5,8-9,11H2,1-4H3. The fourth-order valence-corrected chi connectivity index (χ4v) is 2.14. The van der Waals surface area contributed by atoms with Gasteiger partial charge in [0.25, 0.3) is 5.69 Å². The molecule has 6 nitrogen and oxygen atoms in total. The predicted octanol–water partition coefficient (Wildman–Crippen LogP) is 2.88.